The monoisotopic (exact) mass is 246 g/mol. The third kappa shape index (κ3) is 2.12. The Kier molecular flexibility index (Phi) is 3.02. The van der Waals surface area contributed by atoms with E-state index >= 15 is 0 Å². The van der Waals surface area contributed by atoms with Crippen LogP contribution in [0.25, 0.3) is 0 Å². The molecule has 0 spiro atoms. The average molecular weight is 246 g/mol. The molecule has 1 saturated carbocycles. The van der Waals surface area contributed by atoms with Crippen molar-refractivity contribution in [2.45, 2.75) is 51.6 Å². The highest BCUT2D eigenvalue weighted by molar-refractivity contribution is 5.98. The van der Waals surface area contributed by atoms with Crippen molar-refractivity contribution in [2.24, 2.45) is 0 Å². The first-order valence-electron chi connectivity index (χ1n) is 7.09. The Morgan fingerprint density at radius 1 is 1.39 bits per heavy atom. The minimum Gasteiger partial charge on any atom is -0.347 e. The van der Waals surface area contributed by atoms with Crippen LogP contribution in [0, 0.1) is 6.92 Å². The molecule has 0 aliphatic heterocycles. The van der Waals surface area contributed by atoms with Crippen LogP contribution in [0.1, 0.15) is 47.4 Å². The Balaban J connectivity index is 1.76. The van der Waals surface area contributed by atoms with Crippen LogP contribution >= 0.6 is 0 Å². The summed E-state index contributed by atoms with van der Waals surface area (Å²) in [6, 6.07) is 2.91. The lowest BCUT2D eigenvalue weighted by atomic mass is 9.97. The number of hydrogen-bond acceptors (Lipinski definition) is 2. The zero-order valence-electron chi connectivity index (χ0n) is 11.4. The van der Waals surface area contributed by atoms with Crippen LogP contribution in [-0.4, -0.2) is 34.9 Å². The van der Waals surface area contributed by atoms with E-state index in [4.69, 9.17) is 0 Å². The van der Waals surface area contributed by atoms with Gasteiger partial charge in [-0.25, -0.2) is 0 Å². The molecule has 3 rings (SSSR count). The van der Waals surface area contributed by atoms with E-state index in [1.807, 2.05) is 0 Å². The van der Waals surface area contributed by atoms with E-state index in [2.05, 4.69) is 29.5 Å². The van der Waals surface area contributed by atoms with E-state index in [1.165, 1.54) is 24.2 Å². The standard InChI is InChI=1S/C15H22N2O/c1-11-10-13-14(4-3-5-15(13)18)17(11)9-8-16(2)12-6-7-12/h10,12H,3-9H2,1-2H3. The summed E-state index contributed by atoms with van der Waals surface area (Å²) >= 11 is 0. The molecule has 2 aliphatic carbocycles. The molecule has 0 radical (unpaired) electrons. The molecule has 1 aromatic heterocycles. The lowest BCUT2D eigenvalue weighted by Gasteiger charge is -2.20. The van der Waals surface area contributed by atoms with Crippen molar-refractivity contribution in [3.05, 3.63) is 23.0 Å². The molecule has 1 heterocycles. The first-order valence-corrected chi connectivity index (χ1v) is 7.09. The van der Waals surface area contributed by atoms with E-state index in [0.717, 1.165) is 44.0 Å². The molecule has 0 N–H and O–H groups in total. The Morgan fingerprint density at radius 2 is 2.17 bits per heavy atom. The molecule has 1 aromatic rings. The molecule has 0 aromatic carbocycles. The van der Waals surface area contributed by atoms with Crippen LogP contribution in [-0.2, 0) is 13.0 Å². The van der Waals surface area contributed by atoms with Crippen molar-refractivity contribution >= 4 is 5.78 Å². The van der Waals surface area contributed by atoms with Crippen LogP contribution in [0.4, 0.5) is 0 Å². The molecule has 0 bridgehead atoms. The highest BCUT2D eigenvalue weighted by Crippen LogP contribution is 2.27. The van der Waals surface area contributed by atoms with Gasteiger partial charge in [0.15, 0.2) is 5.78 Å². The summed E-state index contributed by atoms with van der Waals surface area (Å²) in [6.07, 6.45) is 5.55. The Morgan fingerprint density at radius 3 is 2.89 bits per heavy atom. The lowest BCUT2D eigenvalue weighted by molar-refractivity contribution is 0.0971. The SMILES string of the molecule is Cc1cc2c(n1CCN(C)C1CC1)CCCC2=O. The first-order chi connectivity index (χ1) is 8.66. The van der Waals surface area contributed by atoms with Crippen molar-refractivity contribution in [2.75, 3.05) is 13.6 Å². The fourth-order valence-corrected chi connectivity index (χ4v) is 3.06. The van der Waals surface area contributed by atoms with Crippen molar-refractivity contribution in [1.82, 2.24) is 9.47 Å². The van der Waals surface area contributed by atoms with Crippen molar-refractivity contribution in [3.8, 4) is 0 Å². The Hall–Kier alpha value is -1.09. The number of aromatic nitrogens is 1. The van der Waals surface area contributed by atoms with Gasteiger partial charge in [-0.3, -0.25) is 4.79 Å². The van der Waals surface area contributed by atoms with Crippen molar-refractivity contribution < 1.29 is 4.79 Å². The normalized spacial score (nSPS) is 19.4. The van der Waals surface area contributed by atoms with Gasteiger partial charge in [0, 0.05) is 42.5 Å². The maximum absolute atomic E-state index is 11.9. The number of fused-ring (bicyclic) bond motifs is 1. The molecule has 2 aliphatic rings. The summed E-state index contributed by atoms with van der Waals surface area (Å²) < 4.78 is 2.37. The molecular formula is C15H22N2O. The number of nitrogens with zero attached hydrogens (tertiary/aromatic N) is 2. The second kappa shape index (κ2) is 4.54. The number of hydrogen-bond donors (Lipinski definition) is 0. The van der Waals surface area contributed by atoms with Crippen LogP contribution < -0.4 is 0 Å². The zero-order valence-corrected chi connectivity index (χ0v) is 11.4. The summed E-state index contributed by atoms with van der Waals surface area (Å²) in [5.74, 6) is 0.341. The maximum Gasteiger partial charge on any atom is 0.164 e. The predicted octanol–water partition coefficient (Wildman–Crippen LogP) is 2.41. The number of ketones is 1. The fourth-order valence-electron chi connectivity index (χ4n) is 3.06. The van der Waals surface area contributed by atoms with Crippen LogP contribution in [0.15, 0.2) is 6.07 Å². The largest absolute Gasteiger partial charge is 0.347 e. The van der Waals surface area contributed by atoms with Gasteiger partial charge in [-0.2, -0.15) is 0 Å². The van der Waals surface area contributed by atoms with E-state index in [-0.39, 0.29) is 0 Å². The summed E-state index contributed by atoms with van der Waals surface area (Å²) in [6.45, 7) is 4.25. The molecule has 3 heteroatoms. The molecule has 0 unspecified atom stereocenters. The Bertz CT molecular complexity index is 471. The number of carbonyl (C=O) groups is 1. The zero-order chi connectivity index (χ0) is 12.7. The predicted molar refractivity (Wildman–Crippen MR) is 72.1 cm³/mol. The average Bonchev–Trinajstić information content (AvgIpc) is 3.13. The van der Waals surface area contributed by atoms with Crippen LogP contribution in [0.3, 0.4) is 0 Å². The van der Waals surface area contributed by atoms with Gasteiger partial charge in [-0.05, 0) is 45.7 Å². The van der Waals surface area contributed by atoms with Gasteiger partial charge >= 0.3 is 0 Å². The van der Waals surface area contributed by atoms with Gasteiger partial charge in [0.2, 0.25) is 0 Å². The minimum atomic E-state index is 0.341. The third-order valence-electron chi connectivity index (χ3n) is 4.38. The molecule has 0 amide bonds. The molecule has 98 valence electrons. The van der Waals surface area contributed by atoms with Gasteiger partial charge in [0.1, 0.15) is 0 Å². The molecular weight excluding hydrogens is 224 g/mol. The molecule has 3 nitrogen and oxygen atoms in total. The Labute approximate surface area is 109 Å². The van der Waals surface area contributed by atoms with E-state index < -0.39 is 0 Å². The fraction of sp³-hybridized carbons (Fsp3) is 0.667. The molecule has 0 saturated heterocycles. The van der Waals surface area contributed by atoms with E-state index in [9.17, 15) is 4.79 Å². The number of likely N-dealkylation sites (N-methyl/N-ethyl adjacent to an activating group) is 1. The van der Waals surface area contributed by atoms with Crippen molar-refractivity contribution in [1.29, 1.82) is 0 Å². The van der Waals surface area contributed by atoms with Gasteiger partial charge in [-0.15, -0.1) is 0 Å². The van der Waals surface area contributed by atoms with E-state index in [0.29, 0.717) is 5.78 Å². The topological polar surface area (TPSA) is 25.2 Å². The van der Waals surface area contributed by atoms with E-state index in [1.54, 1.807) is 0 Å². The highest BCUT2D eigenvalue weighted by Gasteiger charge is 2.27. The third-order valence-corrected chi connectivity index (χ3v) is 4.38. The summed E-state index contributed by atoms with van der Waals surface area (Å²) in [5, 5.41) is 0. The summed E-state index contributed by atoms with van der Waals surface area (Å²) in [5.41, 5.74) is 3.53. The summed E-state index contributed by atoms with van der Waals surface area (Å²) in [4.78, 5) is 14.3. The van der Waals surface area contributed by atoms with Crippen LogP contribution in [0.5, 0.6) is 0 Å². The summed E-state index contributed by atoms with van der Waals surface area (Å²) in [7, 11) is 2.22. The number of Topliss-reactive ketones (excluding diaryl/α,β-unsaturated/α-hetero) is 1. The highest BCUT2D eigenvalue weighted by atomic mass is 16.1. The number of aryl methyl sites for hydroxylation is 1. The second-order valence-electron chi connectivity index (χ2n) is 5.79. The van der Waals surface area contributed by atoms with Crippen LogP contribution in [0.2, 0.25) is 0 Å². The van der Waals surface area contributed by atoms with Gasteiger partial charge in [-0.1, -0.05) is 0 Å². The second-order valence-corrected chi connectivity index (χ2v) is 5.79. The van der Waals surface area contributed by atoms with Gasteiger partial charge < -0.3 is 9.47 Å². The van der Waals surface area contributed by atoms with Gasteiger partial charge in [0.05, 0.1) is 0 Å². The number of carbonyl (C=O) groups excluding carboxylic acids is 1. The quantitative estimate of drug-likeness (QED) is 0.815. The van der Waals surface area contributed by atoms with Crippen molar-refractivity contribution in [3.63, 3.8) is 0 Å². The minimum absolute atomic E-state index is 0.341. The lowest BCUT2D eigenvalue weighted by Crippen LogP contribution is -2.26. The van der Waals surface area contributed by atoms with Gasteiger partial charge in [0.25, 0.3) is 0 Å². The molecule has 18 heavy (non-hydrogen) atoms. The molecule has 0 atom stereocenters. The maximum atomic E-state index is 11.9. The first kappa shape index (κ1) is 12.0. The number of rotatable bonds is 4. The molecule has 1 fully saturated rings. The smallest absolute Gasteiger partial charge is 0.164 e.